The molecule has 0 radical (unpaired) electrons. The summed E-state index contributed by atoms with van der Waals surface area (Å²) in [6.07, 6.45) is 0.353. The van der Waals surface area contributed by atoms with Crippen LogP contribution in [-0.4, -0.2) is 44.8 Å². The molecule has 204 valence electrons. The molecule has 1 N–H and O–H groups in total. The molecule has 9 nitrogen and oxygen atoms in total. The number of ether oxygens (including phenoxy) is 5. The zero-order chi connectivity index (χ0) is 27.7. The molecule has 2 aliphatic heterocycles. The van der Waals surface area contributed by atoms with E-state index in [1.165, 1.54) is 0 Å². The van der Waals surface area contributed by atoms with Gasteiger partial charge in [0.1, 0.15) is 11.7 Å². The molecule has 3 aliphatic rings. The molecule has 2 aromatic carbocycles. The Balaban J connectivity index is 1.67. The Kier molecular flexibility index (Phi) is 7.32. The van der Waals surface area contributed by atoms with Crippen LogP contribution in [0.5, 0.6) is 17.2 Å². The third kappa shape index (κ3) is 4.73. The lowest BCUT2D eigenvalue weighted by molar-refractivity contribution is -0.152. The van der Waals surface area contributed by atoms with Crippen LogP contribution < -0.4 is 19.5 Å². The fourth-order valence-electron chi connectivity index (χ4n) is 5.63. The highest BCUT2D eigenvalue weighted by atomic mass is 16.7. The summed E-state index contributed by atoms with van der Waals surface area (Å²) in [4.78, 5) is 41.0. The fraction of sp³-hybridized carbons (Fsp3) is 0.367. The van der Waals surface area contributed by atoms with Gasteiger partial charge in [-0.25, -0.2) is 4.79 Å². The Morgan fingerprint density at radius 1 is 1.00 bits per heavy atom. The monoisotopic (exact) mass is 533 g/mol. The van der Waals surface area contributed by atoms with Gasteiger partial charge in [0.2, 0.25) is 6.79 Å². The molecule has 0 unspecified atom stereocenters. The van der Waals surface area contributed by atoms with E-state index >= 15 is 0 Å². The Morgan fingerprint density at radius 2 is 1.77 bits per heavy atom. The average Bonchev–Trinajstić information content (AvgIpc) is 3.40. The maximum Gasteiger partial charge on any atom is 0.336 e. The average molecular weight is 534 g/mol. The maximum atomic E-state index is 14.4. The van der Waals surface area contributed by atoms with Crippen LogP contribution >= 0.6 is 0 Å². The molecule has 0 aromatic heterocycles. The van der Waals surface area contributed by atoms with Gasteiger partial charge in [-0.05, 0) is 62.6 Å². The highest BCUT2D eigenvalue weighted by Crippen LogP contribution is 2.49. The van der Waals surface area contributed by atoms with E-state index in [2.05, 4.69) is 5.32 Å². The van der Waals surface area contributed by atoms with Crippen LogP contribution in [0.4, 0.5) is 0 Å². The summed E-state index contributed by atoms with van der Waals surface area (Å²) in [6, 6.07) is 12.7. The van der Waals surface area contributed by atoms with E-state index in [9.17, 15) is 14.4 Å². The molecule has 5 rings (SSSR count). The van der Waals surface area contributed by atoms with Gasteiger partial charge in [0.05, 0.1) is 25.9 Å². The molecule has 0 amide bonds. The van der Waals surface area contributed by atoms with Gasteiger partial charge in [0, 0.05) is 28.8 Å². The number of esters is 2. The minimum absolute atomic E-state index is 0.0879. The summed E-state index contributed by atoms with van der Waals surface area (Å²) in [5.74, 6) is -2.17. The molecule has 1 aliphatic carbocycles. The van der Waals surface area contributed by atoms with Crippen molar-refractivity contribution in [1.82, 2.24) is 5.32 Å². The number of fused-ring (bicyclic) bond motifs is 1. The summed E-state index contributed by atoms with van der Waals surface area (Å²) in [7, 11) is 1.57. The number of carbonyl (C=O) groups is 3. The van der Waals surface area contributed by atoms with Crippen LogP contribution in [0.15, 0.2) is 65.0 Å². The van der Waals surface area contributed by atoms with E-state index in [1.807, 2.05) is 24.3 Å². The number of rotatable bonds is 7. The maximum absolute atomic E-state index is 14.4. The molecule has 0 saturated carbocycles. The minimum atomic E-state index is -1.10. The molecule has 0 bridgehead atoms. The topological polar surface area (TPSA) is 109 Å². The summed E-state index contributed by atoms with van der Waals surface area (Å²) in [5.41, 5.74) is 3.34. The molecule has 2 aromatic rings. The quantitative estimate of drug-likeness (QED) is 0.415. The predicted molar refractivity (Wildman–Crippen MR) is 140 cm³/mol. The minimum Gasteiger partial charge on any atom is -0.497 e. The van der Waals surface area contributed by atoms with Gasteiger partial charge < -0.3 is 29.0 Å². The summed E-state index contributed by atoms with van der Waals surface area (Å²) in [6.45, 7) is 5.62. The van der Waals surface area contributed by atoms with Crippen molar-refractivity contribution in [3.8, 4) is 17.2 Å². The van der Waals surface area contributed by atoms with Crippen molar-refractivity contribution in [2.45, 2.75) is 39.0 Å². The van der Waals surface area contributed by atoms with Crippen LogP contribution in [0.1, 0.15) is 50.2 Å². The predicted octanol–water partition coefficient (Wildman–Crippen LogP) is 4.14. The third-order valence-corrected chi connectivity index (χ3v) is 7.31. The Bertz CT molecular complexity index is 1390. The van der Waals surface area contributed by atoms with Gasteiger partial charge in [0.25, 0.3) is 0 Å². The molecule has 9 heteroatoms. The standard InChI is InChI=1S/C30H31NO8/c1-5-36-29(33)24-16(3)31-21-14-20(17-8-7-9-19(12-17)35-4)26(30(34)37-6-2)28(32)27(21)25(24)18-10-11-22-23(13-18)39-15-38-22/h7-13,20,25-26,31H,5-6,14-15H2,1-4H3/t20-,25+,26-/m0/s1. The van der Waals surface area contributed by atoms with Crippen molar-refractivity contribution >= 4 is 17.7 Å². The van der Waals surface area contributed by atoms with Crippen molar-refractivity contribution in [1.29, 1.82) is 0 Å². The first-order chi connectivity index (χ1) is 18.9. The summed E-state index contributed by atoms with van der Waals surface area (Å²) < 4.78 is 27.3. The molecule has 39 heavy (non-hydrogen) atoms. The number of hydrogen-bond donors (Lipinski definition) is 1. The molecular formula is C30H31NO8. The summed E-state index contributed by atoms with van der Waals surface area (Å²) >= 11 is 0. The van der Waals surface area contributed by atoms with Gasteiger partial charge in [-0.3, -0.25) is 9.59 Å². The van der Waals surface area contributed by atoms with E-state index < -0.39 is 35.5 Å². The molecule has 2 heterocycles. The van der Waals surface area contributed by atoms with Crippen molar-refractivity contribution in [3.63, 3.8) is 0 Å². The first kappa shape index (κ1) is 26.3. The van der Waals surface area contributed by atoms with Gasteiger partial charge in [-0.2, -0.15) is 0 Å². The second-order valence-electron chi connectivity index (χ2n) is 9.50. The van der Waals surface area contributed by atoms with E-state index in [4.69, 9.17) is 23.7 Å². The van der Waals surface area contributed by atoms with E-state index in [1.54, 1.807) is 46.1 Å². The van der Waals surface area contributed by atoms with Crippen LogP contribution in [-0.2, 0) is 23.9 Å². The third-order valence-electron chi connectivity index (χ3n) is 7.31. The molecule has 3 atom stereocenters. The van der Waals surface area contributed by atoms with Crippen molar-refractivity contribution in [3.05, 3.63) is 76.1 Å². The van der Waals surface area contributed by atoms with Gasteiger partial charge in [0.15, 0.2) is 17.3 Å². The SMILES string of the molecule is CCOC(=O)C1=C(C)NC2=C(C(=O)[C@@H](C(=O)OCC)[C@H](c3cccc(OC)c3)C2)[C@@H]1c1ccc2c(c1)OCO2. The smallest absolute Gasteiger partial charge is 0.336 e. The molecule has 0 fully saturated rings. The first-order valence-corrected chi connectivity index (χ1v) is 13.0. The fourth-order valence-corrected chi connectivity index (χ4v) is 5.63. The van der Waals surface area contributed by atoms with Crippen molar-refractivity contribution in [2.24, 2.45) is 5.92 Å². The van der Waals surface area contributed by atoms with E-state index in [0.717, 1.165) is 5.56 Å². The van der Waals surface area contributed by atoms with Crippen LogP contribution in [0.25, 0.3) is 0 Å². The Labute approximate surface area is 226 Å². The van der Waals surface area contributed by atoms with Gasteiger partial charge in [-0.15, -0.1) is 0 Å². The molecular weight excluding hydrogens is 502 g/mol. The van der Waals surface area contributed by atoms with Crippen LogP contribution in [0.2, 0.25) is 0 Å². The van der Waals surface area contributed by atoms with Crippen LogP contribution in [0, 0.1) is 5.92 Å². The Morgan fingerprint density at radius 3 is 2.51 bits per heavy atom. The Hall–Kier alpha value is -4.27. The zero-order valence-electron chi connectivity index (χ0n) is 22.4. The van der Waals surface area contributed by atoms with E-state index in [0.29, 0.717) is 51.8 Å². The number of ketones is 1. The van der Waals surface area contributed by atoms with Crippen LogP contribution in [0.3, 0.4) is 0 Å². The lowest BCUT2D eigenvalue weighted by atomic mass is 9.67. The molecule has 0 spiro atoms. The largest absolute Gasteiger partial charge is 0.497 e. The highest BCUT2D eigenvalue weighted by Gasteiger charge is 2.49. The van der Waals surface area contributed by atoms with Gasteiger partial charge in [-0.1, -0.05) is 18.2 Å². The second kappa shape index (κ2) is 10.8. The number of allylic oxidation sites excluding steroid dienone is 3. The number of nitrogens with one attached hydrogen (secondary N) is 1. The number of hydrogen-bond acceptors (Lipinski definition) is 9. The van der Waals surface area contributed by atoms with E-state index in [-0.39, 0.29) is 20.0 Å². The first-order valence-electron chi connectivity index (χ1n) is 13.0. The normalized spacial score (nSPS) is 21.7. The second-order valence-corrected chi connectivity index (χ2v) is 9.50. The van der Waals surface area contributed by atoms with Crippen molar-refractivity contribution in [2.75, 3.05) is 27.1 Å². The summed E-state index contributed by atoms with van der Waals surface area (Å²) in [5, 5.41) is 3.31. The lowest BCUT2D eigenvalue weighted by Gasteiger charge is -2.39. The lowest BCUT2D eigenvalue weighted by Crippen LogP contribution is -2.43. The highest BCUT2D eigenvalue weighted by molar-refractivity contribution is 6.13. The number of carbonyl (C=O) groups excluding carboxylic acids is 3. The number of dihydropyridines is 1. The van der Waals surface area contributed by atoms with Crippen molar-refractivity contribution < 1.29 is 38.1 Å². The number of methoxy groups -OCH3 is 1. The zero-order valence-corrected chi connectivity index (χ0v) is 22.4. The number of benzene rings is 2. The number of Topliss-reactive ketones (excluding diaryl/α,β-unsaturated/α-hetero) is 1. The van der Waals surface area contributed by atoms with Gasteiger partial charge >= 0.3 is 11.9 Å². The molecule has 0 saturated heterocycles.